The van der Waals surface area contributed by atoms with E-state index in [4.69, 9.17) is 10.5 Å². The molecule has 2 aromatic rings. The van der Waals surface area contributed by atoms with Crippen molar-refractivity contribution in [3.63, 3.8) is 0 Å². The molecule has 2 aromatic heterocycles. The van der Waals surface area contributed by atoms with Crippen LogP contribution in [0.3, 0.4) is 0 Å². The number of hydrogen-bond donors (Lipinski definition) is 1. The minimum atomic E-state index is -1.03. The summed E-state index contributed by atoms with van der Waals surface area (Å²) in [4.78, 5) is 8.31. The average molecular weight is 390 g/mol. The van der Waals surface area contributed by atoms with Crippen LogP contribution in [0.1, 0.15) is 0 Å². The predicted molar refractivity (Wildman–Crippen MR) is 88.8 cm³/mol. The number of halogens is 1. The van der Waals surface area contributed by atoms with Crippen LogP contribution >= 0.6 is 22.6 Å². The summed E-state index contributed by atoms with van der Waals surface area (Å²) in [5, 5.41) is 0.914. The fraction of sp³-hybridized carbons (Fsp3) is 0.500. The maximum Gasteiger partial charge on any atom is 0.148 e. The highest BCUT2D eigenvalue weighted by atomic mass is 127. The third kappa shape index (κ3) is 3.66. The van der Waals surface area contributed by atoms with Crippen LogP contribution in [0.15, 0.2) is 12.5 Å². The van der Waals surface area contributed by atoms with Crippen molar-refractivity contribution in [2.45, 2.75) is 32.4 Å². The summed E-state index contributed by atoms with van der Waals surface area (Å²) in [6, 6.07) is 1.17. The number of rotatable bonds is 5. The Morgan fingerprint density at radius 3 is 2.79 bits per heavy atom. The standard InChI is InChI=1S/C12H19IN4OSi/c1-19(2,3)5-4-18-8-17-6-9(13)10-11(14)15-7-16-12(10)17/h6-7H,4-5,8H2,1-3H3,(H2,14,15,16). The van der Waals surface area contributed by atoms with Crippen LogP contribution in [0.5, 0.6) is 0 Å². The first-order valence-corrected chi connectivity index (χ1v) is 11.0. The first kappa shape index (κ1) is 14.7. The van der Waals surface area contributed by atoms with E-state index in [2.05, 4.69) is 52.2 Å². The summed E-state index contributed by atoms with van der Waals surface area (Å²) in [6.45, 7) is 8.35. The van der Waals surface area contributed by atoms with E-state index in [0.29, 0.717) is 12.5 Å². The number of ether oxygens (including phenoxy) is 1. The quantitative estimate of drug-likeness (QED) is 0.484. The molecule has 0 unspecified atom stereocenters. The first-order chi connectivity index (χ1) is 8.88. The normalized spacial score (nSPS) is 12.2. The van der Waals surface area contributed by atoms with Gasteiger partial charge in [0.25, 0.3) is 0 Å². The topological polar surface area (TPSA) is 66.0 Å². The van der Waals surface area contributed by atoms with Gasteiger partial charge in [-0.15, -0.1) is 0 Å². The van der Waals surface area contributed by atoms with E-state index in [1.165, 1.54) is 12.4 Å². The molecule has 0 aliphatic rings. The van der Waals surface area contributed by atoms with Crippen molar-refractivity contribution in [3.05, 3.63) is 16.1 Å². The third-order valence-electron chi connectivity index (χ3n) is 2.86. The van der Waals surface area contributed by atoms with E-state index in [1.807, 2.05) is 10.8 Å². The predicted octanol–water partition coefficient (Wildman–Crippen LogP) is 2.93. The number of fused-ring (bicyclic) bond motifs is 1. The highest BCUT2D eigenvalue weighted by Gasteiger charge is 2.13. The second-order valence-electron chi connectivity index (χ2n) is 5.75. The fourth-order valence-corrected chi connectivity index (χ4v) is 3.35. The van der Waals surface area contributed by atoms with Crippen molar-refractivity contribution < 1.29 is 4.74 Å². The molecular formula is C12H19IN4OSi. The first-order valence-electron chi connectivity index (χ1n) is 6.21. The molecule has 2 heterocycles. The molecule has 0 bridgehead atoms. The van der Waals surface area contributed by atoms with Gasteiger partial charge >= 0.3 is 0 Å². The van der Waals surface area contributed by atoms with E-state index in [0.717, 1.165) is 21.2 Å². The van der Waals surface area contributed by atoms with E-state index in [9.17, 15) is 0 Å². The van der Waals surface area contributed by atoms with Gasteiger partial charge in [-0.2, -0.15) is 0 Å². The Bertz CT molecular complexity index is 579. The molecule has 5 nitrogen and oxygen atoms in total. The second-order valence-corrected chi connectivity index (χ2v) is 12.5. The van der Waals surface area contributed by atoms with E-state index in [-0.39, 0.29) is 0 Å². The van der Waals surface area contributed by atoms with Crippen LogP contribution in [0, 0.1) is 3.57 Å². The molecule has 104 valence electrons. The van der Waals surface area contributed by atoms with Crippen molar-refractivity contribution >= 4 is 47.5 Å². The smallest absolute Gasteiger partial charge is 0.148 e. The SMILES string of the molecule is C[Si](C)(C)CCOCn1cc(I)c2c(N)ncnc21. The van der Waals surface area contributed by atoms with E-state index >= 15 is 0 Å². The maximum atomic E-state index is 5.88. The van der Waals surface area contributed by atoms with Crippen molar-refractivity contribution in [2.75, 3.05) is 12.3 Å². The van der Waals surface area contributed by atoms with Crippen molar-refractivity contribution in [1.82, 2.24) is 14.5 Å². The largest absolute Gasteiger partial charge is 0.383 e. The van der Waals surface area contributed by atoms with Crippen LogP contribution in [0.25, 0.3) is 11.0 Å². The van der Waals surface area contributed by atoms with Gasteiger partial charge < -0.3 is 15.0 Å². The summed E-state index contributed by atoms with van der Waals surface area (Å²) < 4.78 is 8.79. The Morgan fingerprint density at radius 2 is 2.11 bits per heavy atom. The highest BCUT2D eigenvalue weighted by Crippen LogP contribution is 2.25. The molecule has 0 aliphatic carbocycles. The minimum absolute atomic E-state index is 0.514. The molecule has 19 heavy (non-hydrogen) atoms. The average Bonchev–Trinajstić information content (AvgIpc) is 2.62. The van der Waals surface area contributed by atoms with Gasteiger partial charge in [-0.25, -0.2) is 9.97 Å². The third-order valence-corrected chi connectivity index (χ3v) is 5.39. The van der Waals surface area contributed by atoms with Gasteiger partial charge in [0.15, 0.2) is 0 Å². The molecule has 0 atom stereocenters. The molecule has 0 saturated carbocycles. The molecule has 0 aliphatic heterocycles. The summed E-state index contributed by atoms with van der Waals surface area (Å²) in [7, 11) is -1.03. The number of nitrogens with zero attached hydrogens (tertiary/aromatic N) is 3. The lowest BCUT2D eigenvalue weighted by molar-refractivity contribution is 0.0898. The Balaban J connectivity index is 2.08. The van der Waals surface area contributed by atoms with E-state index < -0.39 is 8.07 Å². The number of hydrogen-bond acceptors (Lipinski definition) is 4. The molecule has 0 fully saturated rings. The second kappa shape index (κ2) is 5.76. The van der Waals surface area contributed by atoms with Gasteiger partial charge in [-0.1, -0.05) is 19.6 Å². The molecule has 0 aromatic carbocycles. The van der Waals surface area contributed by atoms with Crippen LogP contribution in [0.2, 0.25) is 25.7 Å². The van der Waals surface area contributed by atoms with Crippen molar-refractivity contribution in [2.24, 2.45) is 0 Å². The molecule has 0 amide bonds. The molecule has 2 N–H and O–H groups in total. The Kier molecular flexibility index (Phi) is 4.46. The molecule has 0 radical (unpaired) electrons. The van der Waals surface area contributed by atoms with Crippen molar-refractivity contribution in [3.8, 4) is 0 Å². The van der Waals surface area contributed by atoms with Crippen molar-refractivity contribution in [1.29, 1.82) is 0 Å². The molecular weight excluding hydrogens is 371 g/mol. The van der Waals surface area contributed by atoms with Crippen LogP contribution in [0.4, 0.5) is 5.82 Å². The Morgan fingerprint density at radius 1 is 1.37 bits per heavy atom. The van der Waals surface area contributed by atoms with Gasteiger partial charge in [-0.05, 0) is 28.6 Å². The number of nitrogen functional groups attached to an aromatic ring is 1. The molecule has 7 heteroatoms. The number of nitrogens with two attached hydrogens (primary N) is 1. The van der Waals surface area contributed by atoms with Crippen LogP contribution < -0.4 is 5.73 Å². The lowest BCUT2D eigenvalue weighted by Crippen LogP contribution is -2.22. The van der Waals surface area contributed by atoms with Gasteiger partial charge in [0, 0.05) is 24.4 Å². The minimum Gasteiger partial charge on any atom is -0.383 e. The zero-order chi connectivity index (χ0) is 14.0. The molecule has 0 spiro atoms. The maximum absolute atomic E-state index is 5.88. The fourth-order valence-electron chi connectivity index (χ4n) is 1.74. The molecule has 2 rings (SSSR count). The van der Waals surface area contributed by atoms with Crippen LogP contribution in [-0.4, -0.2) is 29.2 Å². The molecule has 0 saturated heterocycles. The lowest BCUT2D eigenvalue weighted by Gasteiger charge is -2.15. The Labute approximate surface area is 127 Å². The van der Waals surface area contributed by atoms with Gasteiger partial charge in [0.1, 0.15) is 24.5 Å². The summed E-state index contributed by atoms with van der Waals surface area (Å²) in [6.07, 6.45) is 3.50. The number of anilines is 1. The van der Waals surface area contributed by atoms with Gasteiger partial charge in [-0.3, -0.25) is 0 Å². The zero-order valence-corrected chi connectivity index (χ0v) is 14.6. The van der Waals surface area contributed by atoms with E-state index in [1.54, 1.807) is 0 Å². The number of aromatic nitrogens is 3. The Hall–Kier alpha value is -0.673. The monoisotopic (exact) mass is 390 g/mol. The summed E-state index contributed by atoms with van der Waals surface area (Å²) in [5.41, 5.74) is 6.72. The highest BCUT2D eigenvalue weighted by molar-refractivity contribution is 14.1. The summed E-state index contributed by atoms with van der Waals surface area (Å²) >= 11 is 2.25. The zero-order valence-electron chi connectivity index (χ0n) is 11.5. The van der Waals surface area contributed by atoms with Gasteiger partial charge in [0.2, 0.25) is 0 Å². The van der Waals surface area contributed by atoms with Crippen LogP contribution in [-0.2, 0) is 11.5 Å². The van der Waals surface area contributed by atoms with Gasteiger partial charge in [0.05, 0.1) is 5.39 Å². The summed E-state index contributed by atoms with van der Waals surface area (Å²) in [5.74, 6) is 0.523. The lowest BCUT2D eigenvalue weighted by atomic mass is 10.4.